The third-order valence-corrected chi connectivity index (χ3v) is 5.59. The van der Waals surface area contributed by atoms with Crippen molar-refractivity contribution >= 4 is 11.9 Å². The van der Waals surface area contributed by atoms with E-state index in [-0.39, 0.29) is 17.8 Å². The summed E-state index contributed by atoms with van der Waals surface area (Å²) in [5.74, 6) is -1.13. The van der Waals surface area contributed by atoms with Crippen LogP contribution in [0.3, 0.4) is 0 Å². The van der Waals surface area contributed by atoms with Crippen LogP contribution in [0.1, 0.15) is 63.9 Å². The number of carbonyl (C=O) groups is 2. The number of nitrogens with one attached hydrogen (secondary N) is 1. The summed E-state index contributed by atoms with van der Waals surface area (Å²) in [5, 5.41) is 2.95. The molecule has 0 aliphatic heterocycles. The fourth-order valence-corrected chi connectivity index (χ4v) is 4.13. The van der Waals surface area contributed by atoms with Gasteiger partial charge in [-0.3, -0.25) is 9.59 Å². The van der Waals surface area contributed by atoms with Gasteiger partial charge in [0, 0.05) is 11.6 Å². The van der Waals surface area contributed by atoms with Gasteiger partial charge in [-0.15, -0.1) is 0 Å². The number of benzene rings is 1. The first kappa shape index (κ1) is 17.9. The molecule has 1 aromatic rings. The van der Waals surface area contributed by atoms with Crippen LogP contribution in [0.15, 0.2) is 24.3 Å². The molecule has 1 atom stereocenters. The van der Waals surface area contributed by atoms with Gasteiger partial charge in [0.1, 0.15) is 5.82 Å². The molecule has 0 aromatic heterocycles. The lowest BCUT2D eigenvalue weighted by Gasteiger charge is -2.29. The van der Waals surface area contributed by atoms with Crippen molar-refractivity contribution in [2.75, 3.05) is 0 Å². The van der Waals surface area contributed by atoms with Crippen molar-refractivity contribution in [2.45, 2.75) is 75.9 Å². The van der Waals surface area contributed by atoms with Crippen LogP contribution in [0, 0.1) is 5.82 Å². The van der Waals surface area contributed by atoms with E-state index in [4.69, 9.17) is 4.74 Å². The molecule has 3 rings (SSSR count). The quantitative estimate of drug-likeness (QED) is 0.828. The van der Waals surface area contributed by atoms with Crippen LogP contribution in [0.4, 0.5) is 4.39 Å². The smallest absolute Gasteiger partial charge is 0.317 e. The number of hydrogen-bond acceptors (Lipinski definition) is 3. The van der Waals surface area contributed by atoms with Crippen LogP contribution >= 0.6 is 0 Å². The SMILES string of the molecule is CC(OC(=O)C1(c2ccccc2F)CCCC1)C(=O)NC1CCCC1. The van der Waals surface area contributed by atoms with E-state index in [1.165, 1.54) is 6.07 Å². The van der Waals surface area contributed by atoms with Crippen molar-refractivity contribution in [3.63, 3.8) is 0 Å². The van der Waals surface area contributed by atoms with Crippen molar-refractivity contribution in [3.05, 3.63) is 35.6 Å². The Hall–Kier alpha value is -1.91. The zero-order chi connectivity index (χ0) is 17.9. The van der Waals surface area contributed by atoms with E-state index in [9.17, 15) is 14.0 Å². The molecule has 1 amide bonds. The summed E-state index contributed by atoms with van der Waals surface area (Å²) in [7, 11) is 0. The molecule has 2 fully saturated rings. The lowest BCUT2D eigenvalue weighted by Crippen LogP contribution is -2.44. The Balaban J connectivity index is 1.71. The predicted octanol–water partition coefficient (Wildman–Crippen LogP) is 3.63. The minimum Gasteiger partial charge on any atom is -0.452 e. The molecule has 2 aliphatic rings. The molecule has 0 bridgehead atoms. The van der Waals surface area contributed by atoms with Crippen LogP contribution in [0.25, 0.3) is 0 Å². The molecule has 1 unspecified atom stereocenters. The highest BCUT2D eigenvalue weighted by Gasteiger charge is 2.46. The first-order valence-electron chi connectivity index (χ1n) is 9.29. The maximum atomic E-state index is 14.3. The molecule has 4 nitrogen and oxygen atoms in total. The third-order valence-electron chi connectivity index (χ3n) is 5.59. The standard InChI is InChI=1S/C20H26FNO3/c1-14(18(23)22-15-8-2-3-9-15)25-19(24)20(12-6-7-13-20)16-10-4-5-11-17(16)21/h4-5,10-11,14-15H,2-3,6-9,12-13H2,1H3,(H,22,23). The molecular weight excluding hydrogens is 321 g/mol. The highest BCUT2D eigenvalue weighted by molar-refractivity contribution is 5.88. The van der Waals surface area contributed by atoms with E-state index < -0.39 is 17.5 Å². The number of hydrogen-bond donors (Lipinski definition) is 1. The number of rotatable bonds is 5. The van der Waals surface area contributed by atoms with Gasteiger partial charge >= 0.3 is 5.97 Å². The van der Waals surface area contributed by atoms with Crippen LogP contribution in [0.5, 0.6) is 0 Å². The molecule has 2 saturated carbocycles. The molecule has 0 radical (unpaired) electrons. The van der Waals surface area contributed by atoms with E-state index in [0.717, 1.165) is 38.5 Å². The van der Waals surface area contributed by atoms with Gasteiger partial charge in [-0.1, -0.05) is 43.9 Å². The molecular formula is C20H26FNO3. The summed E-state index contributed by atoms with van der Waals surface area (Å²) in [6.45, 7) is 1.59. The van der Waals surface area contributed by atoms with Crippen molar-refractivity contribution in [3.8, 4) is 0 Å². The Bertz CT molecular complexity index is 634. The lowest BCUT2D eigenvalue weighted by atomic mass is 9.78. The van der Waals surface area contributed by atoms with E-state index in [2.05, 4.69) is 5.32 Å². The maximum absolute atomic E-state index is 14.3. The van der Waals surface area contributed by atoms with Crippen LogP contribution in [0.2, 0.25) is 0 Å². The van der Waals surface area contributed by atoms with E-state index in [1.807, 2.05) is 0 Å². The number of halogens is 1. The third kappa shape index (κ3) is 3.70. The summed E-state index contributed by atoms with van der Waals surface area (Å²) in [4.78, 5) is 25.2. The normalized spacial score (nSPS) is 21.0. The Kier molecular flexibility index (Phi) is 5.40. The zero-order valence-corrected chi connectivity index (χ0v) is 14.7. The molecule has 2 aliphatic carbocycles. The monoisotopic (exact) mass is 347 g/mol. The van der Waals surface area contributed by atoms with Crippen molar-refractivity contribution in [1.29, 1.82) is 0 Å². The van der Waals surface area contributed by atoms with Crippen LogP contribution < -0.4 is 5.32 Å². The largest absolute Gasteiger partial charge is 0.452 e. The van der Waals surface area contributed by atoms with Gasteiger partial charge in [-0.05, 0) is 38.7 Å². The second-order valence-electron chi connectivity index (χ2n) is 7.31. The molecule has 0 spiro atoms. The van der Waals surface area contributed by atoms with Gasteiger partial charge in [0.15, 0.2) is 6.10 Å². The van der Waals surface area contributed by atoms with Gasteiger partial charge in [0.25, 0.3) is 5.91 Å². The van der Waals surface area contributed by atoms with Gasteiger partial charge in [0.05, 0.1) is 5.41 Å². The Morgan fingerprint density at radius 2 is 1.80 bits per heavy atom. The maximum Gasteiger partial charge on any atom is 0.317 e. The predicted molar refractivity (Wildman–Crippen MR) is 92.5 cm³/mol. The molecule has 1 N–H and O–H groups in total. The van der Waals surface area contributed by atoms with Crippen molar-refractivity contribution in [2.24, 2.45) is 0 Å². The molecule has 5 heteroatoms. The fourth-order valence-electron chi connectivity index (χ4n) is 4.13. The number of carbonyl (C=O) groups excluding carboxylic acids is 2. The molecule has 1 aromatic carbocycles. The first-order valence-corrected chi connectivity index (χ1v) is 9.29. The molecule has 0 saturated heterocycles. The van der Waals surface area contributed by atoms with Crippen LogP contribution in [-0.4, -0.2) is 24.0 Å². The van der Waals surface area contributed by atoms with Gasteiger partial charge in [0.2, 0.25) is 0 Å². The topological polar surface area (TPSA) is 55.4 Å². The number of amides is 1. The van der Waals surface area contributed by atoms with E-state index >= 15 is 0 Å². The van der Waals surface area contributed by atoms with Crippen molar-refractivity contribution in [1.82, 2.24) is 5.32 Å². The van der Waals surface area contributed by atoms with Crippen LogP contribution in [-0.2, 0) is 19.7 Å². The lowest BCUT2D eigenvalue weighted by molar-refractivity contribution is -0.160. The molecule has 136 valence electrons. The minimum absolute atomic E-state index is 0.181. The number of ether oxygens (including phenoxy) is 1. The van der Waals surface area contributed by atoms with Gasteiger partial charge < -0.3 is 10.1 Å². The molecule has 25 heavy (non-hydrogen) atoms. The summed E-state index contributed by atoms with van der Waals surface area (Å²) < 4.78 is 19.8. The van der Waals surface area contributed by atoms with Gasteiger partial charge in [-0.2, -0.15) is 0 Å². The van der Waals surface area contributed by atoms with Gasteiger partial charge in [-0.25, -0.2) is 4.39 Å². The van der Waals surface area contributed by atoms with E-state index in [0.29, 0.717) is 18.4 Å². The average molecular weight is 347 g/mol. The average Bonchev–Trinajstić information content (AvgIpc) is 3.27. The summed E-state index contributed by atoms with van der Waals surface area (Å²) in [6.07, 6.45) is 6.16. The molecule has 0 heterocycles. The highest BCUT2D eigenvalue weighted by Crippen LogP contribution is 2.43. The first-order chi connectivity index (χ1) is 12.0. The minimum atomic E-state index is -0.965. The highest BCUT2D eigenvalue weighted by atomic mass is 19.1. The second-order valence-corrected chi connectivity index (χ2v) is 7.31. The fraction of sp³-hybridized carbons (Fsp3) is 0.600. The summed E-state index contributed by atoms with van der Waals surface area (Å²) >= 11 is 0. The van der Waals surface area contributed by atoms with E-state index in [1.54, 1.807) is 25.1 Å². The summed E-state index contributed by atoms with van der Waals surface area (Å²) in [5.41, 5.74) is -0.575. The zero-order valence-electron chi connectivity index (χ0n) is 14.7. The summed E-state index contributed by atoms with van der Waals surface area (Å²) in [6, 6.07) is 6.57. The van der Waals surface area contributed by atoms with Crippen molar-refractivity contribution < 1.29 is 18.7 Å². The Labute approximate surface area is 148 Å². The number of esters is 1. The Morgan fingerprint density at radius 1 is 1.16 bits per heavy atom. The second kappa shape index (κ2) is 7.54. The Morgan fingerprint density at radius 3 is 2.44 bits per heavy atom.